The lowest BCUT2D eigenvalue weighted by atomic mass is 10.2. The van der Waals surface area contributed by atoms with E-state index in [-0.39, 0.29) is 17.1 Å². The van der Waals surface area contributed by atoms with Crippen molar-refractivity contribution >= 4 is 40.4 Å². The number of carbonyl (C=O) groups excluding carboxylic acids is 1. The van der Waals surface area contributed by atoms with Crippen LogP contribution in [-0.2, 0) is 0 Å². The molecule has 1 heterocycles. The van der Waals surface area contributed by atoms with Crippen LogP contribution < -0.4 is 4.65 Å². The van der Waals surface area contributed by atoms with Gasteiger partial charge in [-0.05, 0) is 0 Å². The second-order valence-electron chi connectivity index (χ2n) is 3.09. The van der Waals surface area contributed by atoms with E-state index in [1.807, 2.05) is 0 Å². The number of nitro benzene ring substituents is 1. The Balaban J connectivity index is 2.56. The quantitative estimate of drug-likeness (QED) is 0.188. The molecule has 0 fully saturated rings. The van der Waals surface area contributed by atoms with Crippen molar-refractivity contribution in [3.8, 4) is 0 Å². The van der Waals surface area contributed by atoms with Crippen molar-refractivity contribution in [2.45, 2.75) is 0 Å². The van der Waals surface area contributed by atoms with Gasteiger partial charge in [0.25, 0.3) is 5.69 Å². The van der Waals surface area contributed by atoms with Crippen molar-refractivity contribution in [2.75, 3.05) is 0 Å². The highest BCUT2D eigenvalue weighted by molar-refractivity contribution is 6.66. The van der Waals surface area contributed by atoms with E-state index >= 15 is 0 Å². The highest BCUT2D eigenvalue weighted by Crippen LogP contribution is 2.40. The lowest BCUT2D eigenvalue weighted by molar-refractivity contribution is -0.384. The molecule has 1 aliphatic rings. The van der Waals surface area contributed by atoms with Gasteiger partial charge in [-0.25, -0.2) is 9.44 Å². The summed E-state index contributed by atoms with van der Waals surface area (Å²) in [6.45, 7) is 0. The largest absolute Gasteiger partial charge is 0.612 e. The summed E-state index contributed by atoms with van der Waals surface area (Å²) in [6, 6.07) is 3.41. The van der Waals surface area contributed by atoms with Crippen molar-refractivity contribution < 1.29 is 9.72 Å². The fraction of sp³-hybridized carbons (Fsp3) is 0. The molecular weight excluding hydrogens is 238 g/mol. The molecule has 2 rings (SSSR count). The van der Waals surface area contributed by atoms with Gasteiger partial charge >= 0.3 is 5.37 Å². The van der Waals surface area contributed by atoms with Gasteiger partial charge in [0, 0.05) is 29.8 Å². The van der Waals surface area contributed by atoms with E-state index in [4.69, 9.17) is 11.6 Å². The summed E-state index contributed by atoms with van der Waals surface area (Å²) in [5, 5.41) is 21.1. The number of hydroxylamine groups is 2. The molecule has 1 aliphatic heterocycles. The molecule has 0 saturated carbocycles. The standard InChI is InChI=1S/C8H4ClN3O4/c9-8(13)12(16)4-10-6-3-5(11(14)15)1-2-7(6)12/h1-4H. The van der Waals surface area contributed by atoms with Gasteiger partial charge < -0.3 is 5.21 Å². The molecule has 1 atom stereocenters. The van der Waals surface area contributed by atoms with Crippen LogP contribution in [0, 0.1) is 15.3 Å². The Morgan fingerprint density at radius 2 is 2.19 bits per heavy atom. The number of nitrogens with zero attached hydrogens (tertiary/aromatic N) is 3. The molecule has 82 valence electrons. The fourth-order valence-corrected chi connectivity index (χ4v) is 1.49. The third-order valence-corrected chi connectivity index (χ3v) is 2.40. The van der Waals surface area contributed by atoms with E-state index < -0.39 is 14.9 Å². The van der Waals surface area contributed by atoms with Crippen LogP contribution in [0.2, 0.25) is 0 Å². The molecule has 1 amide bonds. The third kappa shape index (κ3) is 1.38. The Hall–Kier alpha value is -1.83. The Labute approximate surface area is 93.9 Å². The average molecular weight is 242 g/mol. The molecule has 0 bridgehead atoms. The first kappa shape index (κ1) is 10.7. The predicted molar refractivity (Wildman–Crippen MR) is 57.7 cm³/mol. The van der Waals surface area contributed by atoms with Crippen LogP contribution in [0.5, 0.6) is 0 Å². The molecule has 7 nitrogen and oxygen atoms in total. The molecule has 16 heavy (non-hydrogen) atoms. The van der Waals surface area contributed by atoms with Gasteiger partial charge in [0.2, 0.25) is 6.34 Å². The number of fused-ring (bicyclic) bond motifs is 1. The molecule has 8 heteroatoms. The normalized spacial score (nSPS) is 21.9. The molecule has 1 unspecified atom stereocenters. The molecule has 0 radical (unpaired) electrons. The number of non-ortho nitro benzene ring substituents is 1. The highest BCUT2D eigenvalue weighted by atomic mass is 35.5. The van der Waals surface area contributed by atoms with Crippen molar-refractivity contribution in [1.82, 2.24) is 4.65 Å². The first-order valence-electron chi connectivity index (χ1n) is 4.09. The average Bonchev–Trinajstić information content (AvgIpc) is 2.57. The maximum Gasteiger partial charge on any atom is 0.422 e. The topological polar surface area (TPSA) is 95.6 Å². The number of hydrogen-bond acceptors (Lipinski definition) is 5. The zero-order valence-corrected chi connectivity index (χ0v) is 8.42. The van der Waals surface area contributed by atoms with Crippen LogP contribution >= 0.6 is 11.6 Å². The summed E-state index contributed by atoms with van der Waals surface area (Å²) >= 11 is 5.15. The van der Waals surface area contributed by atoms with Gasteiger partial charge in [-0.3, -0.25) is 10.1 Å². The number of aliphatic imine (C=N–C) groups is 1. The van der Waals surface area contributed by atoms with Crippen LogP contribution in [0.25, 0.3) is 0 Å². The summed E-state index contributed by atoms with van der Waals surface area (Å²) < 4.78 is -1.53. The molecule has 0 saturated heterocycles. The maximum atomic E-state index is 11.8. The predicted octanol–water partition coefficient (Wildman–Crippen LogP) is 2.43. The first-order chi connectivity index (χ1) is 7.45. The number of amides is 1. The monoisotopic (exact) mass is 241 g/mol. The van der Waals surface area contributed by atoms with E-state index in [0.717, 1.165) is 18.5 Å². The zero-order valence-electron chi connectivity index (χ0n) is 7.66. The molecule has 0 aliphatic carbocycles. The number of halogens is 1. The fourth-order valence-electron chi connectivity index (χ4n) is 1.36. The van der Waals surface area contributed by atoms with Gasteiger partial charge in [0.05, 0.1) is 4.92 Å². The van der Waals surface area contributed by atoms with Crippen LogP contribution in [-0.4, -0.2) is 16.6 Å². The van der Waals surface area contributed by atoms with Crippen molar-refractivity contribution in [3.63, 3.8) is 0 Å². The third-order valence-electron chi connectivity index (χ3n) is 2.15. The van der Waals surface area contributed by atoms with Gasteiger partial charge in [-0.1, -0.05) is 0 Å². The van der Waals surface area contributed by atoms with Gasteiger partial charge in [-0.2, -0.15) is 4.99 Å². The summed E-state index contributed by atoms with van der Waals surface area (Å²) in [6.07, 6.45) is 0.795. The Bertz CT molecular complexity index is 530. The number of benzene rings is 1. The second kappa shape index (κ2) is 3.34. The second-order valence-corrected chi connectivity index (χ2v) is 3.41. The van der Waals surface area contributed by atoms with Crippen molar-refractivity contribution in [1.29, 1.82) is 0 Å². The minimum atomic E-state index is -1.53. The summed E-state index contributed by atoms with van der Waals surface area (Å²) in [4.78, 5) is 24.4. The number of nitro groups is 1. The Morgan fingerprint density at radius 1 is 1.50 bits per heavy atom. The van der Waals surface area contributed by atoms with Gasteiger partial charge in [-0.15, -0.1) is 0 Å². The Kier molecular flexibility index (Phi) is 2.23. The smallest absolute Gasteiger partial charge is 0.422 e. The number of quaternary nitrogens is 1. The molecule has 1 aromatic rings. The molecule has 0 spiro atoms. The number of rotatable bonds is 1. The summed E-state index contributed by atoms with van der Waals surface area (Å²) in [5.74, 6) is 0. The number of carbonyl (C=O) groups is 1. The highest BCUT2D eigenvalue weighted by Gasteiger charge is 2.35. The molecular formula is C8H4ClN3O4. The van der Waals surface area contributed by atoms with Crippen LogP contribution in [0.15, 0.2) is 23.2 Å². The lowest BCUT2D eigenvalue weighted by Crippen LogP contribution is -2.41. The zero-order chi connectivity index (χ0) is 11.9. The van der Waals surface area contributed by atoms with Crippen molar-refractivity contribution in [3.05, 3.63) is 33.5 Å². The van der Waals surface area contributed by atoms with Gasteiger partial charge in [0.15, 0.2) is 5.69 Å². The van der Waals surface area contributed by atoms with E-state index in [0.29, 0.717) is 0 Å². The first-order valence-corrected chi connectivity index (χ1v) is 4.47. The summed E-state index contributed by atoms with van der Waals surface area (Å²) in [5.41, 5.74) is -0.143. The summed E-state index contributed by atoms with van der Waals surface area (Å²) in [7, 11) is 0. The van der Waals surface area contributed by atoms with E-state index in [1.54, 1.807) is 0 Å². The SMILES string of the molecule is O=C(Cl)[N+]1([O-])C=Nc2cc([N+](=O)[O-])ccc21. The minimum absolute atomic E-state index is 0.0226. The minimum Gasteiger partial charge on any atom is -0.612 e. The Morgan fingerprint density at radius 3 is 2.75 bits per heavy atom. The van der Waals surface area contributed by atoms with Gasteiger partial charge in [0.1, 0.15) is 5.69 Å². The lowest BCUT2D eigenvalue weighted by Gasteiger charge is -2.27. The van der Waals surface area contributed by atoms with Crippen LogP contribution in [0.1, 0.15) is 0 Å². The van der Waals surface area contributed by atoms with Crippen LogP contribution in [0.4, 0.5) is 21.9 Å². The van der Waals surface area contributed by atoms with E-state index in [1.165, 1.54) is 6.07 Å². The number of hydrogen-bond donors (Lipinski definition) is 0. The van der Waals surface area contributed by atoms with E-state index in [9.17, 15) is 20.1 Å². The molecule has 0 N–H and O–H groups in total. The van der Waals surface area contributed by atoms with Crippen molar-refractivity contribution in [2.24, 2.45) is 4.99 Å². The molecule has 0 aromatic heterocycles. The maximum absolute atomic E-state index is 11.8. The van der Waals surface area contributed by atoms with Crippen LogP contribution in [0.3, 0.4) is 0 Å². The van der Waals surface area contributed by atoms with E-state index in [2.05, 4.69) is 4.99 Å². The molecule has 1 aromatic carbocycles.